The van der Waals surface area contributed by atoms with Gasteiger partial charge in [0.1, 0.15) is 6.04 Å². The summed E-state index contributed by atoms with van der Waals surface area (Å²) in [6, 6.07) is 14.9. The Morgan fingerprint density at radius 2 is 1.73 bits per heavy atom. The standard InChI is InChI=1S/C22H21Cl2N5O/c1-13(2)11-20(30)26-21-27-22-25-18(14-3-7-16(23)8-4-14)12-19(29(22)28-21)15-5-9-17(24)10-6-15/h3-10,12-13,19H,11H2,1-2H3,(H2,25,26,27,28,30)/t19-/m0/s1. The number of aromatic nitrogens is 3. The molecule has 1 aromatic heterocycles. The molecule has 0 spiro atoms. The zero-order valence-electron chi connectivity index (χ0n) is 16.6. The Bertz CT molecular complexity index is 1090. The Morgan fingerprint density at radius 1 is 1.10 bits per heavy atom. The van der Waals surface area contributed by atoms with E-state index >= 15 is 0 Å². The van der Waals surface area contributed by atoms with E-state index in [4.69, 9.17) is 23.2 Å². The van der Waals surface area contributed by atoms with Gasteiger partial charge in [-0.1, -0.05) is 61.3 Å². The molecule has 0 bridgehead atoms. The zero-order valence-corrected chi connectivity index (χ0v) is 18.1. The van der Waals surface area contributed by atoms with Gasteiger partial charge in [0.15, 0.2) is 0 Å². The number of halogens is 2. The normalized spacial score (nSPS) is 15.4. The first-order valence-electron chi connectivity index (χ1n) is 9.65. The topological polar surface area (TPSA) is 71.8 Å². The van der Waals surface area contributed by atoms with Crippen molar-refractivity contribution < 1.29 is 4.79 Å². The fraction of sp³-hybridized carbons (Fsp3) is 0.227. The number of nitrogens with one attached hydrogen (secondary N) is 2. The number of carbonyl (C=O) groups is 1. The van der Waals surface area contributed by atoms with E-state index in [9.17, 15) is 4.79 Å². The summed E-state index contributed by atoms with van der Waals surface area (Å²) in [5.74, 6) is 0.956. The van der Waals surface area contributed by atoms with Crippen molar-refractivity contribution in [1.82, 2.24) is 14.8 Å². The third-order valence-electron chi connectivity index (χ3n) is 4.68. The molecule has 1 amide bonds. The lowest BCUT2D eigenvalue weighted by Crippen LogP contribution is -2.20. The highest BCUT2D eigenvalue weighted by Crippen LogP contribution is 2.34. The molecule has 1 aliphatic rings. The predicted molar refractivity (Wildman–Crippen MR) is 121 cm³/mol. The van der Waals surface area contributed by atoms with Crippen molar-refractivity contribution in [2.24, 2.45) is 5.92 Å². The Kier molecular flexibility index (Phi) is 5.79. The van der Waals surface area contributed by atoms with Crippen molar-refractivity contribution in [2.75, 3.05) is 10.6 Å². The van der Waals surface area contributed by atoms with E-state index in [0.717, 1.165) is 16.8 Å². The van der Waals surface area contributed by atoms with Gasteiger partial charge in [-0.15, -0.1) is 5.10 Å². The maximum atomic E-state index is 12.2. The molecule has 2 N–H and O–H groups in total. The summed E-state index contributed by atoms with van der Waals surface area (Å²) >= 11 is 12.1. The molecule has 1 aliphatic heterocycles. The minimum absolute atomic E-state index is 0.109. The number of fused-ring (bicyclic) bond motifs is 1. The molecule has 8 heteroatoms. The van der Waals surface area contributed by atoms with Crippen molar-refractivity contribution in [3.8, 4) is 0 Å². The molecule has 3 aromatic rings. The van der Waals surface area contributed by atoms with Crippen LogP contribution in [0.3, 0.4) is 0 Å². The molecule has 0 saturated heterocycles. The van der Waals surface area contributed by atoms with Gasteiger partial charge in [-0.2, -0.15) is 4.98 Å². The van der Waals surface area contributed by atoms with E-state index in [1.165, 1.54) is 0 Å². The van der Waals surface area contributed by atoms with Crippen LogP contribution in [0.15, 0.2) is 54.6 Å². The highest BCUT2D eigenvalue weighted by molar-refractivity contribution is 6.30. The molecule has 0 fully saturated rings. The quantitative estimate of drug-likeness (QED) is 0.538. The van der Waals surface area contributed by atoms with Gasteiger partial charge < -0.3 is 5.32 Å². The first-order chi connectivity index (χ1) is 14.4. The van der Waals surface area contributed by atoms with E-state index in [1.807, 2.05) is 62.4 Å². The molecular weight excluding hydrogens is 421 g/mol. The Labute approximate surface area is 184 Å². The molecule has 2 aromatic carbocycles. The number of carbonyl (C=O) groups excluding carboxylic acids is 1. The first kappa shape index (κ1) is 20.4. The molecule has 154 valence electrons. The molecular formula is C22H21Cl2N5O. The second-order valence-corrected chi connectivity index (χ2v) is 8.43. The van der Waals surface area contributed by atoms with Crippen LogP contribution < -0.4 is 10.6 Å². The van der Waals surface area contributed by atoms with E-state index in [1.54, 1.807) is 4.68 Å². The minimum Gasteiger partial charge on any atom is -0.324 e. The van der Waals surface area contributed by atoms with Crippen LogP contribution in [0.1, 0.15) is 37.4 Å². The van der Waals surface area contributed by atoms with Crippen molar-refractivity contribution in [2.45, 2.75) is 26.3 Å². The van der Waals surface area contributed by atoms with Crippen LogP contribution in [0.5, 0.6) is 0 Å². The molecule has 2 heterocycles. The van der Waals surface area contributed by atoms with Gasteiger partial charge in [0.25, 0.3) is 5.95 Å². The van der Waals surface area contributed by atoms with Gasteiger partial charge in [0.2, 0.25) is 11.9 Å². The van der Waals surface area contributed by atoms with E-state index in [2.05, 4.69) is 26.8 Å². The van der Waals surface area contributed by atoms with Crippen LogP contribution in [-0.4, -0.2) is 20.7 Å². The molecule has 6 nitrogen and oxygen atoms in total. The van der Waals surface area contributed by atoms with Gasteiger partial charge in [-0.25, -0.2) is 4.68 Å². The molecule has 0 radical (unpaired) electrons. The summed E-state index contributed by atoms with van der Waals surface area (Å²) in [6.07, 6.45) is 2.47. The van der Waals surface area contributed by atoms with Gasteiger partial charge in [0.05, 0.1) is 0 Å². The van der Waals surface area contributed by atoms with Gasteiger partial charge in [0, 0.05) is 22.2 Å². The van der Waals surface area contributed by atoms with Gasteiger partial charge in [-0.3, -0.25) is 10.1 Å². The third kappa shape index (κ3) is 4.50. The van der Waals surface area contributed by atoms with E-state index < -0.39 is 0 Å². The van der Waals surface area contributed by atoms with Crippen LogP contribution in [0.4, 0.5) is 11.9 Å². The summed E-state index contributed by atoms with van der Waals surface area (Å²) in [6.45, 7) is 3.98. The molecule has 0 aliphatic carbocycles. The van der Waals surface area contributed by atoms with Crippen molar-refractivity contribution in [3.05, 3.63) is 75.8 Å². The smallest absolute Gasteiger partial charge is 0.250 e. The second-order valence-electron chi connectivity index (χ2n) is 7.56. The second kappa shape index (κ2) is 8.50. The summed E-state index contributed by atoms with van der Waals surface area (Å²) in [7, 11) is 0. The van der Waals surface area contributed by atoms with Crippen LogP contribution >= 0.6 is 23.2 Å². The molecule has 1 atom stereocenters. The minimum atomic E-state index is -0.215. The highest BCUT2D eigenvalue weighted by Gasteiger charge is 2.26. The van der Waals surface area contributed by atoms with Crippen molar-refractivity contribution in [1.29, 1.82) is 0 Å². The van der Waals surface area contributed by atoms with Gasteiger partial charge in [-0.05, 0) is 47.4 Å². The number of hydrogen-bond donors (Lipinski definition) is 2. The lowest BCUT2D eigenvalue weighted by Gasteiger charge is -2.24. The number of hydrogen-bond acceptors (Lipinski definition) is 4. The highest BCUT2D eigenvalue weighted by atomic mass is 35.5. The lowest BCUT2D eigenvalue weighted by molar-refractivity contribution is -0.116. The lowest BCUT2D eigenvalue weighted by atomic mass is 10.0. The number of anilines is 2. The molecule has 30 heavy (non-hydrogen) atoms. The summed E-state index contributed by atoms with van der Waals surface area (Å²) in [5, 5.41) is 12.0. The first-order valence-corrected chi connectivity index (χ1v) is 10.4. The van der Waals surface area contributed by atoms with Gasteiger partial charge >= 0.3 is 0 Å². The average molecular weight is 442 g/mol. The number of nitrogens with zero attached hydrogens (tertiary/aromatic N) is 3. The number of allylic oxidation sites excluding steroid dienone is 1. The fourth-order valence-electron chi connectivity index (χ4n) is 3.29. The predicted octanol–water partition coefficient (Wildman–Crippen LogP) is 5.63. The fourth-order valence-corrected chi connectivity index (χ4v) is 3.54. The molecule has 4 rings (SSSR count). The van der Waals surface area contributed by atoms with Crippen LogP contribution in [0, 0.1) is 5.92 Å². The Balaban J connectivity index is 1.71. The molecule has 0 unspecified atom stereocenters. The Hall–Kier alpha value is -2.83. The molecule has 0 saturated carbocycles. The maximum Gasteiger partial charge on any atom is 0.250 e. The number of benzene rings is 2. The SMILES string of the molecule is CC(C)CC(=O)Nc1nc2n(n1)[C@H](c1ccc(Cl)cc1)C=C(c1ccc(Cl)cc1)N2. The Morgan fingerprint density at radius 3 is 2.37 bits per heavy atom. The zero-order chi connectivity index (χ0) is 21.3. The van der Waals surface area contributed by atoms with Crippen LogP contribution in [-0.2, 0) is 4.79 Å². The van der Waals surface area contributed by atoms with Crippen LogP contribution in [0.25, 0.3) is 5.70 Å². The largest absolute Gasteiger partial charge is 0.324 e. The van der Waals surface area contributed by atoms with Crippen molar-refractivity contribution >= 4 is 46.7 Å². The number of rotatable bonds is 5. The van der Waals surface area contributed by atoms with E-state index in [-0.39, 0.29) is 23.8 Å². The summed E-state index contributed by atoms with van der Waals surface area (Å²) in [5.41, 5.74) is 2.85. The maximum absolute atomic E-state index is 12.2. The summed E-state index contributed by atoms with van der Waals surface area (Å²) < 4.78 is 1.76. The number of amides is 1. The van der Waals surface area contributed by atoms with E-state index in [0.29, 0.717) is 22.4 Å². The third-order valence-corrected chi connectivity index (χ3v) is 5.18. The van der Waals surface area contributed by atoms with Crippen molar-refractivity contribution in [3.63, 3.8) is 0 Å². The average Bonchev–Trinajstić information content (AvgIpc) is 3.10. The van der Waals surface area contributed by atoms with Crippen LogP contribution in [0.2, 0.25) is 10.0 Å². The summed E-state index contributed by atoms with van der Waals surface area (Å²) in [4.78, 5) is 16.7. The monoisotopic (exact) mass is 441 g/mol.